The number of nitrogens with zero attached hydrogens (tertiary/aromatic N) is 2. The summed E-state index contributed by atoms with van der Waals surface area (Å²) in [6.45, 7) is -0.219. The fraction of sp³-hybridized carbons (Fsp3) is 0.273. The van der Waals surface area contributed by atoms with E-state index in [1.54, 1.807) is 18.2 Å². The molecule has 1 amide bonds. The van der Waals surface area contributed by atoms with Crippen molar-refractivity contribution in [2.75, 3.05) is 27.4 Å². The van der Waals surface area contributed by atoms with Crippen molar-refractivity contribution < 1.29 is 37.3 Å². The Bertz CT molecular complexity index is 1060. The molecule has 2 N–H and O–H groups in total. The van der Waals surface area contributed by atoms with Gasteiger partial charge in [-0.1, -0.05) is 6.07 Å². The normalized spacial score (nSPS) is 12.2. The number of amides is 1. The second-order valence-corrected chi connectivity index (χ2v) is 6.86. The predicted octanol–water partition coefficient (Wildman–Crippen LogP) is 3.08. The summed E-state index contributed by atoms with van der Waals surface area (Å²) in [7, 11) is 2.95. The number of aliphatic hydroxyl groups is 1. The number of carbonyl (C=O) groups is 1. The van der Waals surface area contributed by atoms with Crippen molar-refractivity contribution in [1.29, 1.82) is 0 Å². The zero-order chi connectivity index (χ0) is 24.0. The van der Waals surface area contributed by atoms with E-state index in [2.05, 4.69) is 10.4 Å². The molecule has 0 spiro atoms. The molecule has 0 radical (unpaired) electrons. The Morgan fingerprint density at radius 3 is 2.27 bits per heavy atom. The number of ether oxygens (including phenoxy) is 3. The molecule has 0 bridgehead atoms. The monoisotopic (exact) mass is 465 g/mol. The smallest absolute Gasteiger partial charge is 0.435 e. The third-order valence-corrected chi connectivity index (χ3v) is 4.57. The van der Waals surface area contributed by atoms with Crippen molar-refractivity contribution in [2.45, 2.75) is 12.3 Å². The predicted molar refractivity (Wildman–Crippen MR) is 112 cm³/mol. The molecule has 11 heteroatoms. The molecule has 1 aromatic heterocycles. The van der Waals surface area contributed by atoms with Gasteiger partial charge in [0.25, 0.3) is 5.91 Å². The summed E-state index contributed by atoms with van der Waals surface area (Å²) in [5, 5.41) is 16.2. The van der Waals surface area contributed by atoms with Crippen LogP contribution >= 0.6 is 0 Å². The molecule has 1 atom stereocenters. The molecule has 0 aliphatic heterocycles. The first-order chi connectivity index (χ1) is 15.7. The Balaban J connectivity index is 1.54. The van der Waals surface area contributed by atoms with E-state index in [1.807, 2.05) is 0 Å². The fourth-order valence-corrected chi connectivity index (χ4v) is 2.89. The molecule has 1 heterocycles. The van der Waals surface area contributed by atoms with Crippen molar-refractivity contribution in [1.82, 2.24) is 15.1 Å². The van der Waals surface area contributed by atoms with Gasteiger partial charge >= 0.3 is 6.18 Å². The SMILES string of the molecule is COc1cccc(OC)c1OCC(O)CNC(=O)c1ccc(-n2ccc(C(F)(F)F)n2)cc1. The number of para-hydroxylation sites is 1. The minimum absolute atomic E-state index is 0.0911. The average molecular weight is 465 g/mol. The summed E-state index contributed by atoms with van der Waals surface area (Å²) in [4.78, 5) is 12.3. The second kappa shape index (κ2) is 10.3. The summed E-state index contributed by atoms with van der Waals surface area (Å²) >= 11 is 0. The standard InChI is InChI=1S/C22H22F3N3O5/c1-31-17-4-3-5-18(32-2)20(17)33-13-16(29)12-26-21(30)14-6-8-15(9-7-14)28-11-10-19(27-28)22(23,24)25/h3-11,16,29H,12-13H2,1-2H3,(H,26,30). The Morgan fingerprint density at radius 1 is 1.09 bits per heavy atom. The van der Waals surface area contributed by atoms with Crippen molar-refractivity contribution >= 4 is 5.91 Å². The zero-order valence-electron chi connectivity index (χ0n) is 17.8. The number of aliphatic hydroxyl groups excluding tert-OH is 1. The van der Waals surface area contributed by atoms with Gasteiger partial charge in [-0.25, -0.2) is 4.68 Å². The summed E-state index contributed by atoms with van der Waals surface area (Å²) in [5.74, 6) is 0.734. The number of nitrogens with one attached hydrogen (secondary N) is 1. The first-order valence-corrected chi connectivity index (χ1v) is 9.76. The number of methoxy groups -OCH3 is 2. The van der Waals surface area contributed by atoms with Gasteiger partial charge < -0.3 is 24.6 Å². The van der Waals surface area contributed by atoms with Crippen LogP contribution in [0.1, 0.15) is 16.1 Å². The molecule has 0 fully saturated rings. The van der Waals surface area contributed by atoms with Crippen LogP contribution in [-0.4, -0.2) is 54.3 Å². The fourth-order valence-electron chi connectivity index (χ4n) is 2.89. The molecule has 0 saturated carbocycles. The number of hydrogen-bond acceptors (Lipinski definition) is 6. The minimum Gasteiger partial charge on any atom is -0.493 e. The van der Waals surface area contributed by atoms with Gasteiger partial charge in [-0.3, -0.25) is 4.79 Å². The van der Waals surface area contributed by atoms with Crippen molar-refractivity contribution in [3.63, 3.8) is 0 Å². The summed E-state index contributed by atoms with van der Waals surface area (Å²) in [5.41, 5.74) is -0.381. The molecule has 0 aliphatic rings. The molecule has 0 saturated heterocycles. The molecule has 3 rings (SSSR count). The quantitative estimate of drug-likeness (QED) is 0.505. The largest absolute Gasteiger partial charge is 0.493 e. The number of alkyl halides is 3. The molecule has 1 unspecified atom stereocenters. The number of hydrogen-bond donors (Lipinski definition) is 2. The third kappa shape index (κ3) is 5.95. The lowest BCUT2D eigenvalue weighted by Crippen LogP contribution is -2.35. The molecule has 3 aromatic rings. The van der Waals surface area contributed by atoms with Gasteiger partial charge in [0.05, 0.1) is 19.9 Å². The molecule has 8 nitrogen and oxygen atoms in total. The molecule has 0 aliphatic carbocycles. The lowest BCUT2D eigenvalue weighted by molar-refractivity contribution is -0.141. The highest BCUT2D eigenvalue weighted by atomic mass is 19.4. The van der Waals surface area contributed by atoms with Crippen LogP contribution in [0.15, 0.2) is 54.7 Å². The maximum absolute atomic E-state index is 12.7. The summed E-state index contributed by atoms with van der Waals surface area (Å²) < 4.78 is 55.2. The topological polar surface area (TPSA) is 94.8 Å². The van der Waals surface area contributed by atoms with Crippen LogP contribution in [0.5, 0.6) is 17.2 Å². The van der Waals surface area contributed by atoms with E-state index in [-0.39, 0.29) is 18.7 Å². The van der Waals surface area contributed by atoms with Crippen molar-refractivity contribution in [3.8, 4) is 22.9 Å². The summed E-state index contributed by atoms with van der Waals surface area (Å²) in [6.07, 6.45) is -4.37. The average Bonchev–Trinajstić information content (AvgIpc) is 3.32. The molecule has 33 heavy (non-hydrogen) atoms. The van der Waals surface area contributed by atoms with Crippen LogP contribution < -0.4 is 19.5 Å². The van der Waals surface area contributed by atoms with E-state index in [4.69, 9.17) is 14.2 Å². The number of benzene rings is 2. The maximum Gasteiger partial charge on any atom is 0.435 e. The van der Waals surface area contributed by atoms with Crippen LogP contribution in [0.25, 0.3) is 5.69 Å². The highest BCUT2D eigenvalue weighted by Crippen LogP contribution is 2.36. The zero-order valence-corrected chi connectivity index (χ0v) is 17.8. The second-order valence-electron chi connectivity index (χ2n) is 6.86. The lowest BCUT2D eigenvalue weighted by Gasteiger charge is -2.17. The van der Waals surface area contributed by atoms with E-state index in [0.29, 0.717) is 22.9 Å². The Morgan fingerprint density at radius 2 is 1.73 bits per heavy atom. The van der Waals surface area contributed by atoms with Crippen molar-refractivity contribution in [2.24, 2.45) is 0 Å². The first-order valence-electron chi connectivity index (χ1n) is 9.76. The third-order valence-electron chi connectivity index (χ3n) is 4.57. The highest BCUT2D eigenvalue weighted by Gasteiger charge is 2.33. The molecular formula is C22H22F3N3O5. The Kier molecular flexibility index (Phi) is 7.44. The summed E-state index contributed by atoms with van der Waals surface area (Å²) in [6, 6.07) is 11.8. The van der Waals surface area contributed by atoms with Crippen LogP contribution in [0.2, 0.25) is 0 Å². The van der Waals surface area contributed by atoms with E-state index >= 15 is 0 Å². The van der Waals surface area contributed by atoms with E-state index < -0.39 is 23.9 Å². The Hall–Kier alpha value is -3.73. The number of halogens is 3. The van der Waals surface area contributed by atoms with E-state index in [0.717, 1.165) is 10.7 Å². The van der Waals surface area contributed by atoms with Crippen LogP contribution in [0.4, 0.5) is 13.2 Å². The van der Waals surface area contributed by atoms with Gasteiger partial charge in [-0.2, -0.15) is 18.3 Å². The van der Waals surface area contributed by atoms with Gasteiger partial charge in [-0.15, -0.1) is 0 Å². The van der Waals surface area contributed by atoms with Gasteiger partial charge in [0.2, 0.25) is 5.75 Å². The Labute approximate surface area is 187 Å². The van der Waals surface area contributed by atoms with Gasteiger partial charge in [0.15, 0.2) is 17.2 Å². The molecule has 176 valence electrons. The van der Waals surface area contributed by atoms with Gasteiger partial charge in [0.1, 0.15) is 12.7 Å². The highest BCUT2D eigenvalue weighted by molar-refractivity contribution is 5.94. The maximum atomic E-state index is 12.7. The van der Waals surface area contributed by atoms with Crippen LogP contribution in [0.3, 0.4) is 0 Å². The van der Waals surface area contributed by atoms with E-state index in [9.17, 15) is 23.1 Å². The molecule has 2 aromatic carbocycles. The lowest BCUT2D eigenvalue weighted by atomic mass is 10.2. The molecular weight excluding hydrogens is 443 g/mol. The van der Waals surface area contributed by atoms with Gasteiger partial charge in [0, 0.05) is 18.3 Å². The number of aromatic nitrogens is 2. The van der Waals surface area contributed by atoms with Crippen LogP contribution in [-0.2, 0) is 6.18 Å². The van der Waals surface area contributed by atoms with Crippen molar-refractivity contribution in [3.05, 3.63) is 66.0 Å². The van der Waals surface area contributed by atoms with E-state index in [1.165, 1.54) is 44.7 Å². The number of carbonyl (C=O) groups excluding carboxylic acids is 1. The van der Waals surface area contributed by atoms with Gasteiger partial charge in [-0.05, 0) is 42.5 Å². The minimum atomic E-state index is -4.54. The van der Waals surface area contributed by atoms with Crippen LogP contribution in [0, 0.1) is 0 Å². The number of rotatable bonds is 9. The first kappa shape index (κ1) is 23.9.